The standard InChI is InChI=1S/C21H25N3O3/c1-3-7-20(25)23-17-12-10-16(11-13-17)22-15-21(26)24-18-8-5-6-9-19(18)27-14-4-2/h4-6,8-13,22H,2-3,7,14-15H2,1H3,(H,23,25)(H,24,26). The number of hydrogen-bond donors (Lipinski definition) is 3. The fourth-order valence-electron chi connectivity index (χ4n) is 2.34. The highest BCUT2D eigenvalue weighted by atomic mass is 16.5. The van der Waals surface area contributed by atoms with Gasteiger partial charge in [0.25, 0.3) is 0 Å². The number of rotatable bonds is 10. The fraction of sp³-hybridized carbons (Fsp3) is 0.238. The third-order valence-corrected chi connectivity index (χ3v) is 3.62. The first-order valence-corrected chi connectivity index (χ1v) is 8.88. The zero-order chi connectivity index (χ0) is 19.5. The average Bonchev–Trinajstić information content (AvgIpc) is 2.67. The van der Waals surface area contributed by atoms with E-state index in [-0.39, 0.29) is 18.4 Å². The Kier molecular flexibility index (Phi) is 7.91. The van der Waals surface area contributed by atoms with Gasteiger partial charge in [-0.05, 0) is 42.8 Å². The van der Waals surface area contributed by atoms with Crippen LogP contribution in [-0.2, 0) is 9.59 Å². The molecule has 142 valence electrons. The molecule has 0 aliphatic heterocycles. The minimum atomic E-state index is -0.190. The minimum Gasteiger partial charge on any atom is -0.487 e. The van der Waals surface area contributed by atoms with Gasteiger partial charge in [0.05, 0.1) is 12.2 Å². The number of para-hydroxylation sites is 2. The van der Waals surface area contributed by atoms with E-state index in [0.717, 1.165) is 17.8 Å². The van der Waals surface area contributed by atoms with Crippen molar-refractivity contribution in [3.05, 3.63) is 61.2 Å². The molecule has 2 aromatic carbocycles. The Bertz CT molecular complexity index is 772. The number of amides is 2. The molecule has 0 heterocycles. The lowest BCUT2D eigenvalue weighted by Gasteiger charge is -2.12. The van der Waals surface area contributed by atoms with Crippen LogP contribution in [0, 0.1) is 0 Å². The first-order chi connectivity index (χ1) is 13.1. The van der Waals surface area contributed by atoms with Gasteiger partial charge in [-0.15, -0.1) is 0 Å². The summed E-state index contributed by atoms with van der Waals surface area (Å²) < 4.78 is 5.52. The molecular formula is C21H25N3O3. The van der Waals surface area contributed by atoms with Gasteiger partial charge in [0, 0.05) is 17.8 Å². The van der Waals surface area contributed by atoms with Crippen LogP contribution >= 0.6 is 0 Å². The molecule has 0 saturated carbocycles. The predicted octanol–water partition coefficient (Wildman–Crippen LogP) is 4.04. The fourth-order valence-corrected chi connectivity index (χ4v) is 2.34. The van der Waals surface area contributed by atoms with Crippen molar-refractivity contribution in [1.82, 2.24) is 0 Å². The van der Waals surface area contributed by atoms with E-state index in [1.807, 2.05) is 31.2 Å². The largest absolute Gasteiger partial charge is 0.487 e. The zero-order valence-electron chi connectivity index (χ0n) is 15.5. The summed E-state index contributed by atoms with van der Waals surface area (Å²) in [5.74, 6) is 0.401. The van der Waals surface area contributed by atoms with Gasteiger partial charge in [-0.2, -0.15) is 0 Å². The predicted molar refractivity (Wildman–Crippen MR) is 109 cm³/mol. The summed E-state index contributed by atoms with van der Waals surface area (Å²) in [6, 6.07) is 14.5. The first kappa shape index (κ1) is 20.0. The van der Waals surface area contributed by atoms with Crippen molar-refractivity contribution < 1.29 is 14.3 Å². The van der Waals surface area contributed by atoms with Gasteiger partial charge in [0.2, 0.25) is 11.8 Å². The maximum absolute atomic E-state index is 12.2. The van der Waals surface area contributed by atoms with Crippen LogP contribution in [0.3, 0.4) is 0 Å². The lowest BCUT2D eigenvalue weighted by molar-refractivity contribution is -0.116. The number of carbonyl (C=O) groups is 2. The molecule has 3 N–H and O–H groups in total. The second-order valence-electron chi connectivity index (χ2n) is 5.87. The molecule has 0 aliphatic rings. The van der Waals surface area contributed by atoms with Crippen LogP contribution in [0.5, 0.6) is 5.75 Å². The van der Waals surface area contributed by atoms with Gasteiger partial charge in [-0.1, -0.05) is 31.7 Å². The molecule has 0 saturated heterocycles. The van der Waals surface area contributed by atoms with Crippen LogP contribution in [0.1, 0.15) is 19.8 Å². The summed E-state index contributed by atoms with van der Waals surface area (Å²) >= 11 is 0. The smallest absolute Gasteiger partial charge is 0.243 e. The van der Waals surface area contributed by atoms with E-state index in [1.165, 1.54) is 0 Å². The van der Waals surface area contributed by atoms with E-state index in [1.54, 1.807) is 30.3 Å². The normalized spacial score (nSPS) is 9.96. The summed E-state index contributed by atoms with van der Waals surface area (Å²) in [5.41, 5.74) is 2.13. The van der Waals surface area contributed by atoms with Gasteiger partial charge in [-0.25, -0.2) is 0 Å². The van der Waals surface area contributed by atoms with Crippen LogP contribution < -0.4 is 20.7 Å². The molecule has 0 aliphatic carbocycles. The number of hydrogen-bond acceptors (Lipinski definition) is 4. The lowest BCUT2D eigenvalue weighted by Crippen LogP contribution is -2.22. The molecule has 0 aromatic heterocycles. The summed E-state index contributed by atoms with van der Waals surface area (Å²) in [5, 5.41) is 8.70. The summed E-state index contributed by atoms with van der Waals surface area (Å²) in [7, 11) is 0. The molecular weight excluding hydrogens is 342 g/mol. The Balaban J connectivity index is 1.85. The number of ether oxygens (including phenoxy) is 1. The summed E-state index contributed by atoms with van der Waals surface area (Å²) in [4.78, 5) is 23.8. The Morgan fingerprint density at radius 3 is 2.41 bits per heavy atom. The quantitative estimate of drug-likeness (QED) is 0.554. The van der Waals surface area contributed by atoms with E-state index in [4.69, 9.17) is 4.74 Å². The third kappa shape index (κ3) is 6.86. The Morgan fingerprint density at radius 1 is 1.00 bits per heavy atom. The molecule has 0 bridgehead atoms. The molecule has 27 heavy (non-hydrogen) atoms. The van der Waals surface area contributed by atoms with E-state index in [9.17, 15) is 9.59 Å². The van der Waals surface area contributed by atoms with Crippen LogP contribution in [0.15, 0.2) is 61.2 Å². The topological polar surface area (TPSA) is 79.5 Å². The molecule has 0 atom stereocenters. The highest BCUT2D eigenvalue weighted by Gasteiger charge is 2.07. The van der Waals surface area contributed by atoms with Crippen LogP contribution in [0.4, 0.5) is 17.1 Å². The molecule has 0 unspecified atom stereocenters. The Labute approximate surface area is 159 Å². The number of nitrogens with one attached hydrogen (secondary N) is 3. The number of carbonyl (C=O) groups excluding carboxylic acids is 2. The van der Waals surface area contributed by atoms with Crippen molar-refractivity contribution >= 4 is 28.9 Å². The van der Waals surface area contributed by atoms with Crippen molar-refractivity contribution in [3.8, 4) is 5.75 Å². The second kappa shape index (κ2) is 10.7. The SMILES string of the molecule is C=CCOc1ccccc1NC(=O)CNc1ccc(NC(=O)CCC)cc1. The number of benzene rings is 2. The van der Waals surface area contributed by atoms with Gasteiger partial charge in [0.1, 0.15) is 12.4 Å². The molecule has 0 radical (unpaired) electrons. The molecule has 0 fully saturated rings. The number of anilines is 3. The summed E-state index contributed by atoms with van der Waals surface area (Å²) in [6.45, 7) is 6.05. The van der Waals surface area contributed by atoms with Gasteiger partial charge in [0.15, 0.2) is 0 Å². The summed E-state index contributed by atoms with van der Waals surface area (Å²) in [6.07, 6.45) is 2.95. The second-order valence-corrected chi connectivity index (χ2v) is 5.87. The van der Waals surface area contributed by atoms with E-state index in [0.29, 0.717) is 24.5 Å². The monoisotopic (exact) mass is 367 g/mol. The van der Waals surface area contributed by atoms with E-state index < -0.39 is 0 Å². The molecule has 2 aromatic rings. The van der Waals surface area contributed by atoms with Crippen molar-refractivity contribution in [2.24, 2.45) is 0 Å². The highest BCUT2D eigenvalue weighted by Crippen LogP contribution is 2.23. The van der Waals surface area contributed by atoms with Crippen molar-refractivity contribution in [3.63, 3.8) is 0 Å². The molecule has 6 nitrogen and oxygen atoms in total. The first-order valence-electron chi connectivity index (χ1n) is 8.88. The zero-order valence-corrected chi connectivity index (χ0v) is 15.5. The van der Waals surface area contributed by atoms with Crippen LogP contribution in [-0.4, -0.2) is 25.0 Å². The maximum Gasteiger partial charge on any atom is 0.243 e. The van der Waals surface area contributed by atoms with Crippen LogP contribution in [0.25, 0.3) is 0 Å². The van der Waals surface area contributed by atoms with Crippen molar-refractivity contribution in [2.45, 2.75) is 19.8 Å². The lowest BCUT2D eigenvalue weighted by atomic mass is 10.2. The minimum absolute atomic E-state index is 0.00470. The van der Waals surface area contributed by atoms with E-state index in [2.05, 4.69) is 22.5 Å². The Morgan fingerprint density at radius 2 is 1.70 bits per heavy atom. The van der Waals surface area contributed by atoms with Gasteiger partial charge >= 0.3 is 0 Å². The molecule has 6 heteroatoms. The highest BCUT2D eigenvalue weighted by molar-refractivity contribution is 5.95. The van der Waals surface area contributed by atoms with Gasteiger partial charge < -0.3 is 20.7 Å². The van der Waals surface area contributed by atoms with E-state index >= 15 is 0 Å². The molecule has 2 rings (SSSR count). The van der Waals surface area contributed by atoms with Gasteiger partial charge in [-0.3, -0.25) is 9.59 Å². The van der Waals surface area contributed by atoms with Crippen molar-refractivity contribution in [2.75, 3.05) is 29.1 Å². The van der Waals surface area contributed by atoms with Crippen LogP contribution in [0.2, 0.25) is 0 Å². The molecule has 2 amide bonds. The average molecular weight is 367 g/mol. The Hall–Kier alpha value is -3.28. The third-order valence-electron chi connectivity index (χ3n) is 3.62. The van der Waals surface area contributed by atoms with Crippen molar-refractivity contribution in [1.29, 1.82) is 0 Å². The molecule has 0 spiro atoms. The maximum atomic E-state index is 12.2.